The predicted octanol–water partition coefficient (Wildman–Crippen LogP) is 5.17. The molecule has 0 bridgehead atoms. The molecule has 2 aromatic carbocycles. The van der Waals surface area contributed by atoms with E-state index in [9.17, 15) is 23.2 Å². The molecule has 4 rings (SSSR count). The second-order valence-electron chi connectivity index (χ2n) is 6.47. The summed E-state index contributed by atoms with van der Waals surface area (Å²) >= 11 is 12.0. The van der Waals surface area contributed by atoms with Crippen LogP contribution in [0.5, 0.6) is 5.75 Å². The van der Waals surface area contributed by atoms with Crippen molar-refractivity contribution in [3.05, 3.63) is 69.1 Å². The van der Waals surface area contributed by atoms with Gasteiger partial charge in [-0.25, -0.2) is 4.79 Å². The van der Waals surface area contributed by atoms with E-state index in [0.717, 1.165) is 30.6 Å². The quantitative estimate of drug-likeness (QED) is 0.417. The van der Waals surface area contributed by atoms with Gasteiger partial charge < -0.3 is 14.4 Å². The van der Waals surface area contributed by atoms with Crippen molar-refractivity contribution in [3.63, 3.8) is 0 Å². The number of furan rings is 1. The fraction of sp³-hybridized carbons (Fsp3) is 0.100. The number of nitrogens with zero attached hydrogens (tertiary/aromatic N) is 1. The standard InChI is InChI=1S/C20H11Cl2F3N2O4/c1-30-15-5-3-10(19(28)27(29)17-12(21)7-26-8-13(17)22)16-11-6-9(20(23,24)25)2-4-14(11)31-18(15)16/h2-8,27H,1H3. The SMILES string of the molecule is COc1ccc(C(=O)[NH+]([O-])c2c(Cl)cncc2Cl)c2c1oc1ccc(C(F)(F)F)cc12. The van der Waals surface area contributed by atoms with Crippen LogP contribution in [0.3, 0.4) is 0 Å². The van der Waals surface area contributed by atoms with Crippen molar-refractivity contribution in [2.75, 3.05) is 7.11 Å². The van der Waals surface area contributed by atoms with E-state index in [2.05, 4.69) is 4.98 Å². The number of amides is 1. The van der Waals surface area contributed by atoms with Crippen LogP contribution in [0.1, 0.15) is 15.9 Å². The Labute approximate surface area is 182 Å². The number of rotatable bonds is 3. The first-order valence-electron chi connectivity index (χ1n) is 8.62. The van der Waals surface area contributed by atoms with Crippen molar-refractivity contribution in [3.8, 4) is 5.75 Å². The van der Waals surface area contributed by atoms with Gasteiger partial charge in [-0.05, 0) is 30.3 Å². The summed E-state index contributed by atoms with van der Waals surface area (Å²) < 4.78 is 50.6. The monoisotopic (exact) mass is 470 g/mol. The summed E-state index contributed by atoms with van der Waals surface area (Å²) in [6, 6.07) is 5.52. The summed E-state index contributed by atoms with van der Waals surface area (Å²) in [6.45, 7) is 0. The van der Waals surface area contributed by atoms with Crippen molar-refractivity contribution < 1.29 is 32.2 Å². The molecule has 0 fully saturated rings. The number of aromatic nitrogens is 1. The van der Waals surface area contributed by atoms with E-state index < -0.39 is 22.7 Å². The van der Waals surface area contributed by atoms with E-state index in [4.69, 9.17) is 32.4 Å². The third-order valence-electron chi connectivity index (χ3n) is 4.66. The summed E-state index contributed by atoms with van der Waals surface area (Å²) in [5.41, 5.74) is -1.24. The minimum atomic E-state index is -4.62. The van der Waals surface area contributed by atoms with Gasteiger partial charge in [0.05, 0.1) is 30.6 Å². The Morgan fingerprint density at radius 1 is 1.16 bits per heavy atom. The first-order chi connectivity index (χ1) is 14.6. The maximum absolute atomic E-state index is 13.3. The normalized spacial score (nSPS) is 13.0. The van der Waals surface area contributed by atoms with Gasteiger partial charge in [-0.1, -0.05) is 23.2 Å². The van der Waals surface area contributed by atoms with Gasteiger partial charge in [-0.2, -0.15) is 13.2 Å². The molecule has 1 amide bonds. The van der Waals surface area contributed by atoms with Crippen molar-refractivity contribution in [1.29, 1.82) is 0 Å². The van der Waals surface area contributed by atoms with E-state index in [1.807, 2.05) is 0 Å². The Kier molecular flexibility index (Phi) is 5.30. The Morgan fingerprint density at radius 2 is 1.84 bits per heavy atom. The van der Waals surface area contributed by atoms with Crippen LogP contribution >= 0.6 is 23.2 Å². The van der Waals surface area contributed by atoms with Crippen LogP contribution in [0.15, 0.2) is 47.1 Å². The average Bonchev–Trinajstić information content (AvgIpc) is 3.10. The number of methoxy groups -OCH3 is 1. The highest BCUT2D eigenvalue weighted by molar-refractivity contribution is 6.38. The summed E-state index contributed by atoms with van der Waals surface area (Å²) in [5.74, 6) is -0.841. The number of fused-ring (bicyclic) bond motifs is 3. The van der Waals surface area contributed by atoms with Gasteiger partial charge in [0.25, 0.3) is 0 Å². The number of carbonyl (C=O) groups is 1. The minimum absolute atomic E-state index is 0.00629. The molecule has 0 spiro atoms. The molecule has 0 saturated heterocycles. The van der Waals surface area contributed by atoms with Gasteiger partial charge in [0.1, 0.15) is 15.6 Å². The lowest BCUT2D eigenvalue weighted by Crippen LogP contribution is -3.05. The first-order valence-corrected chi connectivity index (χ1v) is 9.37. The topological polar surface area (TPSA) is 79.8 Å². The minimum Gasteiger partial charge on any atom is -0.621 e. The zero-order chi connectivity index (χ0) is 22.5. The molecular weight excluding hydrogens is 460 g/mol. The molecule has 2 aromatic heterocycles. The van der Waals surface area contributed by atoms with Gasteiger partial charge in [0, 0.05) is 10.8 Å². The van der Waals surface area contributed by atoms with E-state index in [-0.39, 0.29) is 49.0 Å². The lowest BCUT2D eigenvalue weighted by atomic mass is 10.0. The van der Waals surface area contributed by atoms with E-state index in [1.165, 1.54) is 19.2 Å². The number of hydrogen-bond donors (Lipinski definition) is 1. The molecule has 31 heavy (non-hydrogen) atoms. The lowest BCUT2D eigenvalue weighted by Gasteiger charge is -2.21. The molecule has 2 heterocycles. The molecule has 0 radical (unpaired) electrons. The van der Waals surface area contributed by atoms with Crippen molar-refractivity contribution >= 4 is 56.7 Å². The highest BCUT2D eigenvalue weighted by Crippen LogP contribution is 2.40. The maximum atomic E-state index is 13.3. The van der Waals surface area contributed by atoms with Gasteiger partial charge in [-0.3, -0.25) is 10.0 Å². The van der Waals surface area contributed by atoms with Crippen molar-refractivity contribution in [2.45, 2.75) is 6.18 Å². The number of pyridine rings is 1. The molecule has 0 aliphatic rings. The Bertz CT molecular complexity index is 1320. The molecular formula is C20H11Cl2F3N2O4. The molecule has 11 heteroatoms. The number of benzene rings is 2. The number of hydrogen-bond acceptors (Lipinski definition) is 5. The summed E-state index contributed by atoms with van der Waals surface area (Å²) in [7, 11) is 1.34. The Morgan fingerprint density at radius 3 is 2.45 bits per heavy atom. The van der Waals surface area contributed by atoms with Crippen LogP contribution < -0.4 is 9.80 Å². The average molecular weight is 471 g/mol. The van der Waals surface area contributed by atoms with Crippen LogP contribution in [-0.2, 0) is 6.18 Å². The third-order valence-corrected chi connectivity index (χ3v) is 5.23. The molecule has 0 aliphatic carbocycles. The second-order valence-corrected chi connectivity index (χ2v) is 7.28. The highest BCUT2D eigenvalue weighted by atomic mass is 35.5. The molecule has 1 unspecified atom stereocenters. The van der Waals surface area contributed by atoms with Crippen molar-refractivity contribution in [1.82, 2.24) is 4.98 Å². The van der Waals surface area contributed by atoms with E-state index >= 15 is 0 Å². The summed E-state index contributed by atoms with van der Waals surface area (Å²) in [6.07, 6.45) is -2.31. The van der Waals surface area contributed by atoms with Crippen LogP contribution in [0, 0.1) is 5.21 Å². The van der Waals surface area contributed by atoms with E-state index in [1.54, 1.807) is 0 Å². The number of quaternary nitrogens is 1. The second kappa shape index (κ2) is 7.69. The molecule has 160 valence electrons. The number of nitrogens with one attached hydrogen (secondary N) is 1. The number of halogens is 5. The summed E-state index contributed by atoms with van der Waals surface area (Å²) in [4.78, 5) is 16.8. The molecule has 0 saturated carbocycles. The van der Waals surface area contributed by atoms with Crippen LogP contribution in [0.2, 0.25) is 10.0 Å². The fourth-order valence-electron chi connectivity index (χ4n) is 3.25. The fourth-order valence-corrected chi connectivity index (χ4v) is 3.78. The van der Waals surface area contributed by atoms with Gasteiger partial charge in [0.15, 0.2) is 17.0 Å². The number of ether oxygens (including phenoxy) is 1. The van der Waals surface area contributed by atoms with E-state index in [0.29, 0.717) is 0 Å². The van der Waals surface area contributed by atoms with Crippen LogP contribution in [0.25, 0.3) is 21.9 Å². The van der Waals surface area contributed by atoms with Gasteiger partial charge >= 0.3 is 12.1 Å². The zero-order valence-corrected chi connectivity index (χ0v) is 17.0. The molecule has 4 aromatic rings. The maximum Gasteiger partial charge on any atom is 0.416 e. The highest BCUT2D eigenvalue weighted by Gasteiger charge is 2.32. The van der Waals surface area contributed by atoms with Gasteiger partial charge in [0.2, 0.25) is 0 Å². The molecule has 1 atom stereocenters. The third kappa shape index (κ3) is 3.59. The van der Waals surface area contributed by atoms with Gasteiger partial charge in [-0.15, -0.1) is 0 Å². The predicted molar refractivity (Wildman–Crippen MR) is 108 cm³/mol. The van der Waals surface area contributed by atoms with Crippen molar-refractivity contribution in [2.24, 2.45) is 0 Å². The largest absolute Gasteiger partial charge is 0.621 e. The summed E-state index contributed by atoms with van der Waals surface area (Å²) in [5, 5.41) is 11.6. The Balaban J connectivity index is 1.98. The number of carbonyl (C=O) groups excluding carboxylic acids is 1. The number of hydroxylamine groups is 1. The molecule has 1 N–H and O–H groups in total. The number of alkyl halides is 3. The first kappa shape index (κ1) is 21.4. The lowest BCUT2D eigenvalue weighted by molar-refractivity contribution is -0.679. The van der Waals surface area contributed by atoms with Crippen LogP contribution in [0.4, 0.5) is 18.9 Å². The molecule has 6 nitrogen and oxygen atoms in total. The molecule has 0 aliphatic heterocycles. The zero-order valence-electron chi connectivity index (χ0n) is 15.5. The van der Waals surface area contributed by atoms with Crippen LogP contribution in [-0.4, -0.2) is 18.0 Å². The smallest absolute Gasteiger partial charge is 0.416 e. The Hall–Kier alpha value is -2.85.